The maximum absolute atomic E-state index is 10.4. The van der Waals surface area contributed by atoms with E-state index in [4.69, 9.17) is 0 Å². The Kier molecular flexibility index (Phi) is 3.48. The van der Waals surface area contributed by atoms with Gasteiger partial charge in [-0.15, -0.1) is 0 Å². The molecule has 3 rings (SSSR count). The molecule has 1 aromatic heterocycles. The lowest BCUT2D eigenvalue weighted by Crippen LogP contribution is -2.13. The number of hydrogen-bond acceptors (Lipinski definition) is 2. The molecule has 0 aliphatic heterocycles. The SMILES string of the molecule is OC(Cc1ccsc1)c1ccccc1C1CCC1. The van der Waals surface area contributed by atoms with Gasteiger partial charge < -0.3 is 5.11 Å². The molecule has 1 saturated carbocycles. The molecular formula is C16H18OS. The van der Waals surface area contributed by atoms with Crippen LogP contribution in [0.5, 0.6) is 0 Å². The van der Waals surface area contributed by atoms with E-state index in [0.29, 0.717) is 5.92 Å². The van der Waals surface area contributed by atoms with E-state index in [2.05, 4.69) is 35.0 Å². The summed E-state index contributed by atoms with van der Waals surface area (Å²) < 4.78 is 0. The van der Waals surface area contributed by atoms with E-state index in [1.165, 1.54) is 30.4 Å². The van der Waals surface area contributed by atoms with Crippen molar-refractivity contribution < 1.29 is 5.11 Å². The second kappa shape index (κ2) is 5.25. The van der Waals surface area contributed by atoms with Crippen molar-refractivity contribution in [2.75, 3.05) is 0 Å². The van der Waals surface area contributed by atoms with Crippen molar-refractivity contribution in [1.29, 1.82) is 0 Å². The summed E-state index contributed by atoms with van der Waals surface area (Å²) >= 11 is 1.69. The number of benzene rings is 1. The Balaban J connectivity index is 1.82. The smallest absolute Gasteiger partial charge is 0.0833 e. The predicted octanol–water partition coefficient (Wildman–Crippen LogP) is 4.29. The average Bonchev–Trinajstić information content (AvgIpc) is 2.80. The Labute approximate surface area is 112 Å². The highest BCUT2D eigenvalue weighted by atomic mass is 32.1. The van der Waals surface area contributed by atoms with E-state index in [1.54, 1.807) is 11.3 Å². The third kappa shape index (κ3) is 2.36. The maximum atomic E-state index is 10.4. The normalized spacial score (nSPS) is 17.4. The molecule has 2 aromatic rings. The Morgan fingerprint density at radius 2 is 2.06 bits per heavy atom. The number of hydrogen-bond donors (Lipinski definition) is 1. The molecule has 1 aromatic carbocycles. The highest BCUT2D eigenvalue weighted by molar-refractivity contribution is 7.07. The van der Waals surface area contributed by atoms with Crippen LogP contribution < -0.4 is 0 Å². The molecule has 1 unspecified atom stereocenters. The standard InChI is InChI=1S/C16H18OS/c17-16(10-12-8-9-18-11-12)15-7-2-1-6-14(15)13-4-3-5-13/h1-2,6-9,11,13,16-17H,3-5,10H2. The Hall–Kier alpha value is -1.12. The first-order chi connectivity index (χ1) is 8.84. The van der Waals surface area contributed by atoms with Gasteiger partial charge in [0.2, 0.25) is 0 Å². The molecule has 0 radical (unpaired) electrons. The lowest BCUT2D eigenvalue weighted by Gasteiger charge is -2.29. The van der Waals surface area contributed by atoms with E-state index in [1.807, 2.05) is 6.07 Å². The van der Waals surface area contributed by atoms with Gasteiger partial charge in [-0.1, -0.05) is 30.7 Å². The van der Waals surface area contributed by atoms with Crippen molar-refractivity contribution in [3.63, 3.8) is 0 Å². The third-order valence-corrected chi connectivity index (χ3v) is 4.64. The number of rotatable bonds is 4. The van der Waals surface area contributed by atoms with Crippen molar-refractivity contribution in [2.24, 2.45) is 0 Å². The highest BCUT2D eigenvalue weighted by Crippen LogP contribution is 2.39. The summed E-state index contributed by atoms with van der Waals surface area (Å²) in [6.07, 6.45) is 4.26. The number of aliphatic hydroxyl groups is 1. The summed E-state index contributed by atoms with van der Waals surface area (Å²) in [6.45, 7) is 0. The molecule has 0 amide bonds. The van der Waals surface area contributed by atoms with Crippen molar-refractivity contribution >= 4 is 11.3 Å². The average molecular weight is 258 g/mol. The molecule has 1 N–H and O–H groups in total. The molecule has 94 valence electrons. The van der Waals surface area contributed by atoms with Crippen molar-refractivity contribution in [1.82, 2.24) is 0 Å². The Morgan fingerprint density at radius 1 is 1.22 bits per heavy atom. The van der Waals surface area contributed by atoms with Crippen LogP contribution in [0.25, 0.3) is 0 Å². The monoisotopic (exact) mass is 258 g/mol. The molecule has 1 atom stereocenters. The van der Waals surface area contributed by atoms with E-state index in [9.17, 15) is 5.11 Å². The van der Waals surface area contributed by atoms with Gasteiger partial charge in [0, 0.05) is 6.42 Å². The zero-order chi connectivity index (χ0) is 12.4. The van der Waals surface area contributed by atoms with Crippen LogP contribution in [0.3, 0.4) is 0 Å². The molecule has 1 heterocycles. The second-order valence-electron chi connectivity index (χ2n) is 5.11. The van der Waals surface area contributed by atoms with Gasteiger partial charge in [0.05, 0.1) is 6.10 Å². The van der Waals surface area contributed by atoms with E-state index >= 15 is 0 Å². The number of aliphatic hydroxyl groups excluding tert-OH is 1. The lowest BCUT2D eigenvalue weighted by molar-refractivity contribution is 0.176. The van der Waals surface area contributed by atoms with Gasteiger partial charge >= 0.3 is 0 Å². The molecule has 1 aliphatic rings. The summed E-state index contributed by atoms with van der Waals surface area (Å²) in [7, 11) is 0. The van der Waals surface area contributed by atoms with Crippen LogP contribution in [0.15, 0.2) is 41.1 Å². The summed E-state index contributed by atoms with van der Waals surface area (Å²) in [5, 5.41) is 14.6. The summed E-state index contributed by atoms with van der Waals surface area (Å²) in [6, 6.07) is 10.5. The highest BCUT2D eigenvalue weighted by Gasteiger charge is 2.24. The molecule has 1 nitrogen and oxygen atoms in total. The zero-order valence-corrected chi connectivity index (χ0v) is 11.2. The van der Waals surface area contributed by atoms with Crippen LogP contribution >= 0.6 is 11.3 Å². The molecule has 18 heavy (non-hydrogen) atoms. The van der Waals surface area contributed by atoms with Gasteiger partial charge in [-0.05, 0) is 52.3 Å². The molecular weight excluding hydrogens is 240 g/mol. The predicted molar refractivity (Wildman–Crippen MR) is 76.0 cm³/mol. The van der Waals surface area contributed by atoms with Gasteiger partial charge in [0.1, 0.15) is 0 Å². The molecule has 2 heteroatoms. The summed E-state index contributed by atoms with van der Waals surface area (Å²) in [5.41, 5.74) is 3.73. The second-order valence-corrected chi connectivity index (χ2v) is 5.89. The lowest BCUT2D eigenvalue weighted by atomic mass is 9.77. The fourth-order valence-electron chi connectivity index (χ4n) is 2.65. The van der Waals surface area contributed by atoms with Crippen molar-refractivity contribution in [3.05, 3.63) is 57.8 Å². The summed E-state index contributed by atoms with van der Waals surface area (Å²) in [5.74, 6) is 0.679. The van der Waals surface area contributed by atoms with E-state index in [0.717, 1.165) is 12.0 Å². The van der Waals surface area contributed by atoms with Gasteiger partial charge in [-0.25, -0.2) is 0 Å². The van der Waals surface area contributed by atoms with Crippen molar-refractivity contribution in [3.8, 4) is 0 Å². The fourth-order valence-corrected chi connectivity index (χ4v) is 3.33. The van der Waals surface area contributed by atoms with Gasteiger partial charge in [-0.2, -0.15) is 11.3 Å². The van der Waals surface area contributed by atoms with Crippen LogP contribution in [0, 0.1) is 0 Å². The Morgan fingerprint density at radius 3 is 2.72 bits per heavy atom. The minimum atomic E-state index is -0.364. The largest absolute Gasteiger partial charge is 0.388 e. The molecule has 1 fully saturated rings. The van der Waals surface area contributed by atoms with Crippen LogP contribution in [-0.4, -0.2) is 5.11 Å². The first kappa shape index (κ1) is 11.9. The van der Waals surface area contributed by atoms with E-state index < -0.39 is 0 Å². The molecule has 0 spiro atoms. The molecule has 0 saturated heterocycles. The van der Waals surface area contributed by atoms with Crippen LogP contribution in [-0.2, 0) is 6.42 Å². The maximum Gasteiger partial charge on any atom is 0.0833 e. The van der Waals surface area contributed by atoms with E-state index in [-0.39, 0.29) is 6.10 Å². The first-order valence-corrected chi connectivity index (χ1v) is 7.57. The van der Waals surface area contributed by atoms with Crippen molar-refractivity contribution in [2.45, 2.75) is 37.7 Å². The topological polar surface area (TPSA) is 20.2 Å². The van der Waals surface area contributed by atoms with Crippen LogP contribution in [0.1, 0.15) is 48.0 Å². The summed E-state index contributed by atoms with van der Waals surface area (Å²) in [4.78, 5) is 0. The van der Waals surface area contributed by atoms with Gasteiger partial charge in [-0.3, -0.25) is 0 Å². The minimum absolute atomic E-state index is 0.364. The minimum Gasteiger partial charge on any atom is -0.388 e. The quantitative estimate of drug-likeness (QED) is 0.867. The van der Waals surface area contributed by atoms with Crippen LogP contribution in [0.2, 0.25) is 0 Å². The molecule has 1 aliphatic carbocycles. The zero-order valence-electron chi connectivity index (χ0n) is 10.4. The fraction of sp³-hybridized carbons (Fsp3) is 0.375. The van der Waals surface area contributed by atoms with Crippen LogP contribution in [0.4, 0.5) is 0 Å². The number of thiophene rings is 1. The first-order valence-electron chi connectivity index (χ1n) is 6.62. The van der Waals surface area contributed by atoms with Gasteiger partial charge in [0.25, 0.3) is 0 Å². The third-order valence-electron chi connectivity index (χ3n) is 3.91. The Bertz CT molecular complexity index is 500. The van der Waals surface area contributed by atoms with Gasteiger partial charge in [0.15, 0.2) is 0 Å². The molecule has 0 bridgehead atoms.